The number of nitrogens with zero attached hydrogens (tertiary/aromatic N) is 4. The minimum atomic E-state index is -1.02. The second-order valence-electron chi connectivity index (χ2n) is 6.00. The molecule has 0 bridgehead atoms. The molecular formula is C17H19N5O4. The van der Waals surface area contributed by atoms with Crippen LogP contribution in [0.5, 0.6) is 0 Å². The van der Waals surface area contributed by atoms with Gasteiger partial charge in [-0.15, -0.1) is 5.10 Å². The minimum Gasteiger partial charge on any atom is -0.480 e. The van der Waals surface area contributed by atoms with Crippen molar-refractivity contribution in [2.24, 2.45) is 0 Å². The van der Waals surface area contributed by atoms with Crippen molar-refractivity contribution in [2.75, 3.05) is 11.4 Å². The van der Waals surface area contributed by atoms with Crippen molar-refractivity contribution in [3.63, 3.8) is 0 Å². The molecule has 26 heavy (non-hydrogen) atoms. The third-order valence-corrected chi connectivity index (χ3v) is 4.10. The number of para-hydroxylation sites is 1. The quantitative estimate of drug-likeness (QED) is 0.738. The van der Waals surface area contributed by atoms with Gasteiger partial charge < -0.3 is 15.3 Å². The third kappa shape index (κ3) is 4.24. The predicted octanol–water partition coefficient (Wildman–Crippen LogP) is 0.348. The summed E-state index contributed by atoms with van der Waals surface area (Å²) in [6.07, 6.45) is 2.82. The van der Waals surface area contributed by atoms with E-state index in [-0.39, 0.29) is 31.3 Å². The van der Waals surface area contributed by atoms with Crippen molar-refractivity contribution in [3.05, 3.63) is 41.7 Å². The summed E-state index contributed by atoms with van der Waals surface area (Å²) in [4.78, 5) is 36.5. The molecular weight excluding hydrogens is 338 g/mol. The van der Waals surface area contributed by atoms with Gasteiger partial charge in [0.25, 0.3) is 0 Å². The number of fused-ring (bicyclic) bond motifs is 1. The van der Waals surface area contributed by atoms with Crippen LogP contribution >= 0.6 is 0 Å². The van der Waals surface area contributed by atoms with Gasteiger partial charge in [0.05, 0.1) is 12.7 Å². The molecule has 0 unspecified atom stereocenters. The van der Waals surface area contributed by atoms with Crippen molar-refractivity contribution >= 4 is 23.5 Å². The maximum absolute atomic E-state index is 12.2. The van der Waals surface area contributed by atoms with Crippen molar-refractivity contribution in [3.8, 4) is 0 Å². The van der Waals surface area contributed by atoms with E-state index >= 15 is 0 Å². The van der Waals surface area contributed by atoms with Crippen LogP contribution < -0.4 is 10.2 Å². The summed E-state index contributed by atoms with van der Waals surface area (Å²) < 4.78 is 1.19. The predicted molar refractivity (Wildman–Crippen MR) is 91.2 cm³/mol. The Balaban J connectivity index is 1.51. The van der Waals surface area contributed by atoms with Gasteiger partial charge in [-0.1, -0.05) is 23.4 Å². The van der Waals surface area contributed by atoms with Crippen LogP contribution in [0.25, 0.3) is 0 Å². The number of carbonyl (C=O) groups excluding carboxylic acids is 2. The Morgan fingerprint density at radius 3 is 2.85 bits per heavy atom. The van der Waals surface area contributed by atoms with E-state index in [0.717, 1.165) is 17.7 Å². The number of hydrogen-bond donors (Lipinski definition) is 2. The van der Waals surface area contributed by atoms with Crippen LogP contribution in [0.2, 0.25) is 0 Å². The Morgan fingerprint density at radius 2 is 2.04 bits per heavy atom. The number of nitrogens with one attached hydrogen (secondary N) is 1. The van der Waals surface area contributed by atoms with Gasteiger partial charge in [0.1, 0.15) is 12.2 Å². The first kappa shape index (κ1) is 17.6. The van der Waals surface area contributed by atoms with Gasteiger partial charge in [0, 0.05) is 25.1 Å². The summed E-state index contributed by atoms with van der Waals surface area (Å²) >= 11 is 0. The van der Waals surface area contributed by atoms with E-state index in [1.807, 2.05) is 24.3 Å². The molecule has 2 heterocycles. The van der Waals surface area contributed by atoms with Crippen molar-refractivity contribution in [1.82, 2.24) is 20.3 Å². The van der Waals surface area contributed by atoms with Crippen LogP contribution in [0.3, 0.4) is 0 Å². The van der Waals surface area contributed by atoms with Crippen molar-refractivity contribution in [2.45, 2.75) is 32.4 Å². The number of rotatable bonds is 7. The number of amides is 2. The van der Waals surface area contributed by atoms with Gasteiger partial charge in [-0.3, -0.25) is 14.4 Å². The standard InChI is InChI=1S/C17H19N5O4/c23-15(18-9-13-10-21(20-19-13)11-17(25)26)7-8-22-14-4-2-1-3-12(14)5-6-16(22)24/h1-4,10H,5-9,11H2,(H,18,23)(H,25,26). The van der Waals surface area contributed by atoms with Crippen LogP contribution in [0, 0.1) is 0 Å². The highest BCUT2D eigenvalue weighted by molar-refractivity contribution is 5.96. The largest absolute Gasteiger partial charge is 0.480 e. The van der Waals surface area contributed by atoms with Crippen LogP contribution in [0.15, 0.2) is 30.5 Å². The molecule has 0 radical (unpaired) electrons. The van der Waals surface area contributed by atoms with Gasteiger partial charge in [-0.25, -0.2) is 4.68 Å². The maximum atomic E-state index is 12.2. The van der Waals surface area contributed by atoms with E-state index in [2.05, 4.69) is 15.6 Å². The number of aryl methyl sites for hydroxylation is 1. The van der Waals surface area contributed by atoms with Gasteiger partial charge >= 0.3 is 5.97 Å². The molecule has 0 saturated heterocycles. The summed E-state index contributed by atoms with van der Waals surface area (Å²) in [7, 11) is 0. The second-order valence-corrected chi connectivity index (χ2v) is 6.00. The van der Waals surface area contributed by atoms with Crippen LogP contribution in [-0.2, 0) is 33.9 Å². The summed E-state index contributed by atoms with van der Waals surface area (Å²) in [5, 5.41) is 18.9. The first-order chi connectivity index (χ1) is 12.5. The summed E-state index contributed by atoms with van der Waals surface area (Å²) in [6, 6.07) is 7.71. The molecule has 0 atom stereocenters. The molecule has 0 spiro atoms. The minimum absolute atomic E-state index is 0.0214. The molecule has 136 valence electrons. The zero-order valence-electron chi connectivity index (χ0n) is 14.1. The summed E-state index contributed by atoms with van der Waals surface area (Å²) in [6.45, 7) is 0.188. The molecule has 1 aromatic heterocycles. The number of benzene rings is 1. The van der Waals surface area contributed by atoms with Gasteiger partial charge in [0.2, 0.25) is 11.8 Å². The second kappa shape index (κ2) is 7.77. The number of carboxylic acid groups (broad SMARTS) is 1. The molecule has 0 fully saturated rings. The van der Waals surface area contributed by atoms with Gasteiger partial charge in [0.15, 0.2) is 0 Å². The number of carboxylic acids is 1. The molecule has 3 rings (SSSR count). The number of carbonyl (C=O) groups is 3. The van der Waals surface area contributed by atoms with Crippen LogP contribution in [0.4, 0.5) is 5.69 Å². The van der Waals surface area contributed by atoms with Gasteiger partial charge in [-0.05, 0) is 18.1 Å². The van der Waals surface area contributed by atoms with E-state index in [0.29, 0.717) is 18.7 Å². The fourth-order valence-electron chi connectivity index (χ4n) is 2.87. The normalized spacial score (nSPS) is 13.4. The SMILES string of the molecule is O=C(O)Cn1cc(CNC(=O)CCN2C(=O)CCc3ccccc32)nn1. The Kier molecular flexibility index (Phi) is 5.26. The molecule has 0 saturated carbocycles. The van der Waals surface area contributed by atoms with Crippen LogP contribution in [0.1, 0.15) is 24.1 Å². The average molecular weight is 357 g/mol. The molecule has 2 aromatic rings. The van der Waals surface area contributed by atoms with Crippen molar-refractivity contribution < 1.29 is 19.5 Å². The molecule has 1 aromatic carbocycles. The van der Waals surface area contributed by atoms with E-state index in [9.17, 15) is 14.4 Å². The van der Waals surface area contributed by atoms with E-state index in [1.54, 1.807) is 4.90 Å². The molecule has 1 aliphatic rings. The van der Waals surface area contributed by atoms with E-state index < -0.39 is 5.97 Å². The monoisotopic (exact) mass is 357 g/mol. The summed E-state index contributed by atoms with van der Waals surface area (Å²) in [5.41, 5.74) is 2.45. The molecule has 9 heteroatoms. The fraction of sp³-hybridized carbons (Fsp3) is 0.353. The molecule has 1 aliphatic heterocycles. The highest BCUT2D eigenvalue weighted by Gasteiger charge is 2.23. The number of anilines is 1. The Labute approximate surface area is 149 Å². The Bertz CT molecular complexity index is 832. The Hall–Kier alpha value is -3.23. The van der Waals surface area contributed by atoms with Crippen LogP contribution in [-0.4, -0.2) is 44.4 Å². The van der Waals surface area contributed by atoms with Crippen molar-refractivity contribution in [1.29, 1.82) is 0 Å². The lowest BCUT2D eigenvalue weighted by Gasteiger charge is -2.29. The number of aromatic nitrogens is 3. The maximum Gasteiger partial charge on any atom is 0.325 e. The fourth-order valence-corrected chi connectivity index (χ4v) is 2.87. The Morgan fingerprint density at radius 1 is 1.23 bits per heavy atom. The molecule has 2 N–H and O–H groups in total. The lowest BCUT2D eigenvalue weighted by molar-refractivity contribution is -0.138. The highest BCUT2D eigenvalue weighted by Crippen LogP contribution is 2.27. The highest BCUT2D eigenvalue weighted by atomic mass is 16.4. The third-order valence-electron chi connectivity index (χ3n) is 4.10. The van der Waals surface area contributed by atoms with Gasteiger partial charge in [-0.2, -0.15) is 0 Å². The average Bonchev–Trinajstić information content (AvgIpc) is 3.05. The molecule has 0 aliphatic carbocycles. The lowest BCUT2D eigenvalue weighted by Crippen LogP contribution is -2.38. The van der Waals surface area contributed by atoms with E-state index in [4.69, 9.17) is 5.11 Å². The molecule has 9 nitrogen and oxygen atoms in total. The topological polar surface area (TPSA) is 117 Å². The lowest BCUT2D eigenvalue weighted by atomic mass is 10.0. The first-order valence-electron chi connectivity index (χ1n) is 8.28. The number of hydrogen-bond acceptors (Lipinski definition) is 5. The summed E-state index contributed by atoms with van der Waals surface area (Å²) in [5.74, 6) is -1.21. The first-order valence-corrected chi connectivity index (χ1v) is 8.28. The molecule has 2 amide bonds. The number of aliphatic carboxylic acids is 1. The zero-order chi connectivity index (χ0) is 18.5. The van der Waals surface area contributed by atoms with E-state index in [1.165, 1.54) is 10.9 Å². The smallest absolute Gasteiger partial charge is 0.325 e. The zero-order valence-corrected chi connectivity index (χ0v) is 14.1.